The van der Waals surface area contributed by atoms with Gasteiger partial charge < -0.3 is 10.1 Å². The highest BCUT2D eigenvalue weighted by atomic mass is 79.9. The van der Waals surface area contributed by atoms with Crippen LogP contribution >= 0.6 is 15.9 Å². The molecule has 0 spiro atoms. The molecule has 0 aromatic heterocycles. The van der Waals surface area contributed by atoms with Gasteiger partial charge >= 0.3 is 0 Å². The first-order valence-electron chi connectivity index (χ1n) is 7.86. The number of halogens is 1. The van der Waals surface area contributed by atoms with Gasteiger partial charge in [0.05, 0.1) is 11.6 Å². The lowest BCUT2D eigenvalue weighted by atomic mass is 10.0. The molecule has 2 aromatic rings. The molecule has 2 aromatic carbocycles. The molecule has 5 heteroatoms. The molecule has 0 saturated carbocycles. The summed E-state index contributed by atoms with van der Waals surface area (Å²) >= 11 is 3.30. The summed E-state index contributed by atoms with van der Waals surface area (Å²) in [5.41, 5.74) is 1.48. The van der Waals surface area contributed by atoms with Gasteiger partial charge in [-0.25, -0.2) is 0 Å². The fraction of sp³-hybridized carbons (Fsp3) is 0.263. The van der Waals surface area contributed by atoms with E-state index >= 15 is 0 Å². The number of benzene rings is 2. The van der Waals surface area contributed by atoms with Crippen molar-refractivity contribution in [3.63, 3.8) is 0 Å². The highest BCUT2D eigenvalue weighted by Gasteiger charge is 2.14. The van der Waals surface area contributed by atoms with E-state index in [2.05, 4.69) is 28.2 Å². The number of aldehydes is 1. The monoisotopic (exact) mass is 389 g/mol. The van der Waals surface area contributed by atoms with Gasteiger partial charge in [0.1, 0.15) is 5.75 Å². The smallest absolute Gasteiger partial charge is 0.258 e. The van der Waals surface area contributed by atoms with Crippen molar-refractivity contribution in [3.05, 3.63) is 64.1 Å². The maximum Gasteiger partial charge on any atom is 0.258 e. The Hall–Kier alpha value is -2.14. The van der Waals surface area contributed by atoms with Gasteiger partial charge in [-0.15, -0.1) is 0 Å². The molecule has 0 aliphatic carbocycles. The molecular formula is C19H20BrNO3. The molecule has 0 fully saturated rings. The Morgan fingerprint density at radius 1 is 1.25 bits per heavy atom. The van der Waals surface area contributed by atoms with Crippen LogP contribution < -0.4 is 10.1 Å². The summed E-state index contributed by atoms with van der Waals surface area (Å²) in [7, 11) is 0. The van der Waals surface area contributed by atoms with E-state index in [1.54, 1.807) is 18.2 Å². The average Bonchev–Trinajstić information content (AvgIpc) is 2.61. The second kappa shape index (κ2) is 9.23. The number of nitrogens with one attached hydrogen (secondary N) is 1. The molecule has 0 bridgehead atoms. The van der Waals surface area contributed by atoms with E-state index in [1.807, 2.05) is 30.3 Å². The van der Waals surface area contributed by atoms with Gasteiger partial charge in [-0.1, -0.05) is 59.6 Å². The van der Waals surface area contributed by atoms with E-state index in [1.165, 1.54) is 0 Å². The second-order valence-corrected chi connectivity index (χ2v) is 6.32. The summed E-state index contributed by atoms with van der Waals surface area (Å²) in [6.45, 7) is 1.95. The van der Waals surface area contributed by atoms with Crippen molar-refractivity contribution >= 4 is 28.1 Å². The number of hydrogen-bond donors (Lipinski definition) is 1. The van der Waals surface area contributed by atoms with E-state index in [9.17, 15) is 9.59 Å². The zero-order valence-corrected chi connectivity index (χ0v) is 15.1. The standard InChI is InChI=1S/C19H20BrNO3/c1-2-6-17(14-7-4-3-5-8-14)21-19(23)13-24-18-10-9-16(20)11-15(18)12-22/h3-5,7-12,17H,2,6,13H2,1H3,(H,21,23). The number of amides is 1. The minimum Gasteiger partial charge on any atom is -0.483 e. The van der Waals surface area contributed by atoms with E-state index in [4.69, 9.17) is 4.74 Å². The van der Waals surface area contributed by atoms with Gasteiger partial charge in [0.25, 0.3) is 5.91 Å². The fourth-order valence-electron chi connectivity index (χ4n) is 2.42. The van der Waals surface area contributed by atoms with Crippen LogP contribution in [0.25, 0.3) is 0 Å². The molecule has 126 valence electrons. The van der Waals surface area contributed by atoms with Crippen LogP contribution in [0.3, 0.4) is 0 Å². The summed E-state index contributed by atoms with van der Waals surface area (Å²) in [4.78, 5) is 23.3. The van der Waals surface area contributed by atoms with Crippen LogP contribution in [0.4, 0.5) is 0 Å². The quantitative estimate of drug-likeness (QED) is 0.684. The van der Waals surface area contributed by atoms with Crippen molar-refractivity contribution in [3.8, 4) is 5.75 Å². The van der Waals surface area contributed by atoms with Gasteiger partial charge in [-0.2, -0.15) is 0 Å². The molecule has 2 rings (SSSR count). The third-order valence-electron chi connectivity index (χ3n) is 3.57. The Labute approximate surface area is 150 Å². The number of rotatable bonds is 8. The molecule has 4 nitrogen and oxygen atoms in total. The first-order chi connectivity index (χ1) is 11.6. The van der Waals surface area contributed by atoms with Crippen molar-refractivity contribution < 1.29 is 14.3 Å². The predicted octanol–water partition coefficient (Wildman–Crippen LogP) is 4.30. The normalized spacial score (nSPS) is 11.6. The van der Waals surface area contributed by atoms with Gasteiger partial charge in [0.2, 0.25) is 0 Å². The zero-order valence-electron chi connectivity index (χ0n) is 13.5. The first-order valence-corrected chi connectivity index (χ1v) is 8.65. The minimum atomic E-state index is -0.211. The SMILES string of the molecule is CCCC(NC(=O)COc1ccc(Br)cc1C=O)c1ccccc1. The summed E-state index contributed by atoms with van der Waals surface area (Å²) in [6, 6.07) is 14.9. The molecule has 24 heavy (non-hydrogen) atoms. The van der Waals surface area contributed by atoms with Gasteiger partial charge in [-0.05, 0) is 30.2 Å². The molecular weight excluding hydrogens is 370 g/mol. The average molecular weight is 390 g/mol. The Kier molecular flexibility index (Phi) is 7.00. The van der Waals surface area contributed by atoms with Crippen molar-refractivity contribution in [2.24, 2.45) is 0 Å². The Morgan fingerprint density at radius 3 is 2.67 bits per heavy atom. The van der Waals surface area contributed by atoms with Crippen molar-refractivity contribution in [1.82, 2.24) is 5.32 Å². The molecule has 1 N–H and O–H groups in total. The number of carbonyl (C=O) groups excluding carboxylic acids is 2. The summed E-state index contributed by atoms with van der Waals surface area (Å²) in [5.74, 6) is 0.187. The lowest BCUT2D eigenvalue weighted by Gasteiger charge is -2.19. The third-order valence-corrected chi connectivity index (χ3v) is 4.07. The predicted molar refractivity (Wildman–Crippen MR) is 97.3 cm³/mol. The van der Waals surface area contributed by atoms with Crippen molar-refractivity contribution in [1.29, 1.82) is 0 Å². The van der Waals surface area contributed by atoms with E-state index in [-0.39, 0.29) is 18.6 Å². The summed E-state index contributed by atoms with van der Waals surface area (Å²) in [6.07, 6.45) is 2.53. The Morgan fingerprint density at radius 2 is 2.00 bits per heavy atom. The maximum absolute atomic E-state index is 12.2. The van der Waals surface area contributed by atoms with Gasteiger partial charge in [0, 0.05) is 4.47 Å². The molecule has 1 atom stereocenters. The zero-order chi connectivity index (χ0) is 17.4. The van der Waals surface area contributed by atoms with E-state index in [0.29, 0.717) is 17.6 Å². The van der Waals surface area contributed by atoms with Crippen LogP contribution in [0, 0.1) is 0 Å². The number of hydrogen-bond acceptors (Lipinski definition) is 3. The topological polar surface area (TPSA) is 55.4 Å². The van der Waals surface area contributed by atoms with Crippen LogP contribution in [0.1, 0.15) is 41.7 Å². The molecule has 0 saturated heterocycles. The van der Waals surface area contributed by atoms with E-state index in [0.717, 1.165) is 22.9 Å². The largest absolute Gasteiger partial charge is 0.483 e. The van der Waals surface area contributed by atoms with Gasteiger partial charge in [0.15, 0.2) is 12.9 Å². The van der Waals surface area contributed by atoms with Crippen molar-refractivity contribution in [2.45, 2.75) is 25.8 Å². The number of carbonyl (C=O) groups is 2. The first kappa shape index (κ1) is 18.2. The Balaban J connectivity index is 1.98. The maximum atomic E-state index is 12.2. The third kappa shape index (κ3) is 5.20. The lowest BCUT2D eigenvalue weighted by molar-refractivity contribution is -0.123. The van der Waals surface area contributed by atoms with E-state index < -0.39 is 0 Å². The highest BCUT2D eigenvalue weighted by molar-refractivity contribution is 9.10. The molecule has 0 heterocycles. The lowest BCUT2D eigenvalue weighted by Crippen LogP contribution is -2.32. The summed E-state index contributed by atoms with van der Waals surface area (Å²) < 4.78 is 6.28. The van der Waals surface area contributed by atoms with Crippen molar-refractivity contribution in [2.75, 3.05) is 6.61 Å². The molecule has 0 radical (unpaired) electrons. The van der Waals surface area contributed by atoms with Crippen LogP contribution in [0.15, 0.2) is 53.0 Å². The van der Waals surface area contributed by atoms with Crippen LogP contribution in [-0.2, 0) is 4.79 Å². The Bertz CT molecular complexity index is 688. The van der Waals surface area contributed by atoms with Crippen LogP contribution in [0.2, 0.25) is 0 Å². The molecule has 1 unspecified atom stereocenters. The highest BCUT2D eigenvalue weighted by Crippen LogP contribution is 2.22. The fourth-order valence-corrected chi connectivity index (χ4v) is 2.80. The molecule has 1 amide bonds. The molecule has 0 aliphatic rings. The van der Waals surface area contributed by atoms with Crippen LogP contribution in [-0.4, -0.2) is 18.8 Å². The number of ether oxygens (including phenoxy) is 1. The molecule has 0 aliphatic heterocycles. The summed E-state index contributed by atoms with van der Waals surface area (Å²) in [5, 5.41) is 2.99. The van der Waals surface area contributed by atoms with Gasteiger partial charge in [-0.3, -0.25) is 9.59 Å². The minimum absolute atomic E-state index is 0.0391. The second-order valence-electron chi connectivity index (χ2n) is 5.41. The van der Waals surface area contributed by atoms with Crippen LogP contribution in [0.5, 0.6) is 5.75 Å².